The minimum Gasteiger partial charge on any atom is -0.497 e. The van der Waals surface area contributed by atoms with Gasteiger partial charge in [0, 0.05) is 11.8 Å². The fraction of sp³-hybridized carbons (Fsp3) is 0.150. The molecule has 5 nitrogen and oxygen atoms in total. The summed E-state index contributed by atoms with van der Waals surface area (Å²) in [6.45, 7) is 1.97. The SMILES string of the molecule is COc1ccc(-c2cc(-c3ncccc3C)nc(OC)c2C#N)cc1. The Morgan fingerprint density at radius 2 is 1.80 bits per heavy atom. The fourth-order valence-electron chi connectivity index (χ4n) is 2.65. The van der Waals surface area contributed by atoms with Gasteiger partial charge in [0.05, 0.1) is 25.6 Å². The highest BCUT2D eigenvalue weighted by atomic mass is 16.5. The number of nitriles is 1. The molecule has 5 heteroatoms. The van der Waals surface area contributed by atoms with Crippen LogP contribution in [0.15, 0.2) is 48.7 Å². The van der Waals surface area contributed by atoms with E-state index in [1.807, 2.05) is 49.4 Å². The van der Waals surface area contributed by atoms with Gasteiger partial charge in [-0.2, -0.15) is 5.26 Å². The molecule has 0 saturated carbocycles. The van der Waals surface area contributed by atoms with Gasteiger partial charge in [0.1, 0.15) is 17.4 Å². The normalized spacial score (nSPS) is 10.2. The van der Waals surface area contributed by atoms with Crippen molar-refractivity contribution in [1.29, 1.82) is 5.26 Å². The first-order valence-corrected chi connectivity index (χ1v) is 7.73. The molecular weight excluding hydrogens is 314 g/mol. The summed E-state index contributed by atoms with van der Waals surface area (Å²) in [5.41, 5.74) is 4.46. The Kier molecular flexibility index (Phi) is 4.62. The third-order valence-corrected chi connectivity index (χ3v) is 3.94. The maximum atomic E-state index is 9.60. The van der Waals surface area contributed by atoms with Crippen LogP contribution in [0.1, 0.15) is 11.1 Å². The summed E-state index contributed by atoms with van der Waals surface area (Å²) in [5.74, 6) is 1.04. The summed E-state index contributed by atoms with van der Waals surface area (Å²) >= 11 is 0. The smallest absolute Gasteiger partial charge is 0.232 e. The molecule has 124 valence electrons. The van der Waals surface area contributed by atoms with Gasteiger partial charge in [-0.05, 0) is 42.3 Å². The molecule has 0 N–H and O–H groups in total. The van der Waals surface area contributed by atoms with Crippen LogP contribution in [0.5, 0.6) is 11.6 Å². The van der Waals surface area contributed by atoms with Gasteiger partial charge >= 0.3 is 0 Å². The molecule has 25 heavy (non-hydrogen) atoms. The molecule has 0 bridgehead atoms. The molecule has 0 aliphatic carbocycles. The number of benzene rings is 1. The summed E-state index contributed by atoms with van der Waals surface area (Å²) in [4.78, 5) is 8.90. The van der Waals surface area contributed by atoms with E-state index < -0.39 is 0 Å². The van der Waals surface area contributed by atoms with E-state index in [1.165, 1.54) is 7.11 Å². The van der Waals surface area contributed by atoms with Crippen molar-refractivity contribution in [2.75, 3.05) is 14.2 Å². The van der Waals surface area contributed by atoms with Gasteiger partial charge in [0.15, 0.2) is 0 Å². The summed E-state index contributed by atoms with van der Waals surface area (Å²) in [6.07, 6.45) is 1.72. The molecule has 0 unspecified atom stereocenters. The molecule has 0 saturated heterocycles. The third-order valence-electron chi connectivity index (χ3n) is 3.94. The van der Waals surface area contributed by atoms with E-state index in [0.717, 1.165) is 28.1 Å². The zero-order valence-electron chi connectivity index (χ0n) is 14.3. The molecule has 1 aromatic carbocycles. The van der Waals surface area contributed by atoms with E-state index in [0.29, 0.717) is 11.3 Å². The lowest BCUT2D eigenvalue weighted by molar-refractivity contribution is 0.397. The lowest BCUT2D eigenvalue weighted by Gasteiger charge is -2.12. The van der Waals surface area contributed by atoms with Crippen molar-refractivity contribution >= 4 is 0 Å². The molecule has 3 aromatic rings. The summed E-state index contributed by atoms with van der Waals surface area (Å²) in [6, 6.07) is 15.4. The summed E-state index contributed by atoms with van der Waals surface area (Å²) in [5, 5.41) is 9.60. The predicted octanol–water partition coefficient (Wildman–Crippen LogP) is 4.01. The van der Waals surface area contributed by atoms with Crippen molar-refractivity contribution in [2.24, 2.45) is 0 Å². The average Bonchev–Trinajstić information content (AvgIpc) is 2.67. The first kappa shape index (κ1) is 16.5. The molecular formula is C20H17N3O2. The molecule has 0 aliphatic rings. The van der Waals surface area contributed by atoms with Crippen LogP contribution < -0.4 is 9.47 Å². The largest absolute Gasteiger partial charge is 0.497 e. The van der Waals surface area contributed by atoms with Crippen molar-refractivity contribution in [1.82, 2.24) is 9.97 Å². The van der Waals surface area contributed by atoms with Crippen LogP contribution in [-0.4, -0.2) is 24.2 Å². The second kappa shape index (κ2) is 7.02. The Labute approximate surface area is 146 Å². The molecule has 0 radical (unpaired) electrons. The van der Waals surface area contributed by atoms with Gasteiger partial charge in [-0.25, -0.2) is 4.98 Å². The first-order valence-electron chi connectivity index (χ1n) is 7.73. The number of rotatable bonds is 4. The quantitative estimate of drug-likeness (QED) is 0.722. The Balaban J connectivity index is 2.24. The Morgan fingerprint density at radius 3 is 2.40 bits per heavy atom. The van der Waals surface area contributed by atoms with Crippen molar-refractivity contribution < 1.29 is 9.47 Å². The number of aryl methyl sites for hydroxylation is 1. The van der Waals surface area contributed by atoms with E-state index in [-0.39, 0.29) is 5.88 Å². The second-order valence-electron chi connectivity index (χ2n) is 5.45. The van der Waals surface area contributed by atoms with Gasteiger partial charge in [-0.3, -0.25) is 4.98 Å². The molecule has 3 rings (SSSR count). The van der Waals surface area contributed by atoms with Crippen LogP contribution in [0.4, 0.5) is 0 Å². The van der Waals surface area contributed by atoms with Gasteiger partial charge in [-0.15, -0.1) is 0 Å². The summed E-state index contributed by atoms with van der Waals surface area (Å²) in [7, 11) is 3.13. The summed E-state index contributed by atoms with van der Waals surface area (Å²) < 4.78 is 10.6. The minimum absolute atomic E-state index is 0.288. The highest BCUT2D eigenvalue weighted by molar-refractivity contribution is 5.77. The van der Waals surface area contributed by atoms with E-state index in [2.05, 4.69) is 16.0 Å². The average molecular weight is 331 g/mol. The minimum atomic E-state index is 0.288. The molecule has 0 fully saturated rings. The predicted molar refractivity (Wildman–Crippen MR) is 95.5 cm³/mol. The molecule has 0 atom stereocenters. The van der Waals surface area contributed by atoms with Crippen LogP contribution in [0.2, 0.25) is 0 Å². The Bertz CT molecular complexity index is 944. The van der Waals surface area contributed by atoms with Crippen molar-refractivity contribution in [2.45, 2.75) is 6.92 Å². The van der Waals surface area contributed by atoms with Crippen molar-refractivity contribution in [3.8, 4) is 40.2 Å². The number of hydrogen-bond donors (Lipinski definition) is 0. The second-order valence-corrected chi connectivity index (χ2v) is 5.45. The molecule has 0 amide bonds. The molecule has 2 aromatic heterocycles. The van der Waals surface area contributed by atoms with Crippen LogP contribution in [0, 0.1) is 18.3 Å². The Morgan fingerprint density at radius 1 is 1.04 bits per heavy atom. The Hall–Kier alpha value is -3.39. The molecule has 0 spiro atoms. The number of pyridine rings is 2. The number of methoxy groups -OCH3 is 2. The zero-order chi connectivity index (χ0) is 17.8. The third kappa shape index (κ3) is 3.15. The van der Waals surface area contributed by atoms with Crippen LogP contribution in [0.25, 0.3) is 22.5 Å². The van der Waals surface area contributed by atoms with E-state index >= 15 is 0 Å². The van der Waals surface area contributed by atoms with Gasteiger partial charge < -0.3 is 9.47 Å². The number of ether oxygens (including phenoxy) is 2. The zero-order valence-corrected chi connectivity index (χ0v) is 14.3. The monoisotopic (exact) mass is 331 g/mol. The maximum absolute atomic E-state index is 9.60. The van der Waals surface area contributed by atoms with Crippen LogP contribution >= 0.6 is 0 Å². The highest BCUT2D eigenvalue weighted by Crippen LogP contribution is 2.34. The van der Waals surface area contributed by atoms with Gasteiger partial charge in [0.2, 0.25) is 5.88 Å². The van der Waals surface area contributed by atoms with Crippen molar-refractivity contribution in [3.05, 3.63) is 59.8 Å². The van der Waals surface area contributed by atoms with E-state index in [9.17, 15) is 5.26 Å². The standard InChI is InChI=1S/C20H17N3O2/c1-13-5-4-10-22-19(13)18-11-16(17(12-21)20(23-18)25-3)14-6-8-15(24-2)9-7-14/h4-11H,1-3H3. The first-order chi connectivity index (χ1) is 12.2. The topological polar surface area (TPSA) is 68.0 Å². The molecule has 0 aliphatic heterocycles. The number of aromatic nitrogens is 2. The number of nitrogens with zero attached hydrogens (tertiary/aromatic N) is 3. The van der Waals surface area contributed by atoms with Gasteiger partial charge in [0.25, 0.3) is 0 Å². The lowest BCUT2D eigenvalue weighted by Crippen LogP contribution is -1.99. The van der Waals surface area contributed by atoms with Gasteiger partial charge in [-0.1, -0.05) is 18.2 Å². The maximum Gasteiger partial charge on any atom is 0.232 e. The van der Waals surface area contributed by atoms with Crippen LogP contribution in [-0.2, 0) is 0 Å². The van der Waals surface area contributed by atoms with Crippen molar-refractivity contribution in [3.63, 3.8) is 0 Å². The number of hydrogen-bond acceptors (Lipinski definition) is 5. The lowest BCUT2D eigenvalue weighted by atomic mass is 9.99. The fourth-order valence-corrected chi connectivity index (χ4v) is 2.65. The van der Waals surface area contributed by atoms with Crippen LogP contribution in [0.3, 0.4) is 0 Å². The molecule has 2 heterocycles. The van der Waals surface area contributed by atoms with E-state index in [1.54, 1.807) is 13.3 Å². The van der Waals surface area contributed by atoms with E-state index in [4.69, 9.17) is 9.47 Å². The highest BCUT2D eigenvalue weighted by Gasteiger charge is 2.17.